The van der Waals surface area contributed by atoms with Gasteiger partial charge in [-0.1, -0.05) is 12.2 Å². The van der Waals surface area contributed by atoms with Crippen LogP contribution in [-0.4, -0.2) is 0 Å². The van der Waals surface area contributed by atoms with Gasteiger partial charge in [0.25, 0.3) is 0 Å². The maximum absolute atomic E-state index is 2.30. The highest BCUT2D eigenvalue weighted by Crippen LogP contribution is 2.51. The molecule has 0 aromatic heterocycles. The first kappa shape index (κ1) is 8.96. The quantitative estimate of drug-likeness (QED) is 0.543. The van der Waals surface area contributed by atoms with Gasteiger partial charge in [0.05, 0.1) is 0 Å². The van der Waals surface area contributed by atoms with Crippen LogP contribution in [0.4, 0.5) is 0 Å². The smallest absolute Gasteiger partial charge is 0.00106 e. The molecule has 0 atom stereocenters. The first-order valence-corrected chi connectivity index (χ1v) is 5.62. The number of rotatable bonds is 0. The van der Waals surface area contributed by atoms with Crippen molar-refractivity contribution >= 4 is 0 Å². The van der Waals surface area contributed by atoms with Crippen LogP contribution in [-0.2, 0) is 0 Å². The Balaban J connectivity index is 2.38. The second kappa shape index (κ2) is 2.63. The Morgan fingerprint density at radius 3 is 2.27 bits per heavy atom. The van der Waals surface area contributed by atoms with Crippen molar-refractivity contribution in [2.45, 2.75) is 34.1 Å². The fraction of sp³-hybridized carbons (Fsp3) is 0.333. The van der Waals surface area contributed by atoms with Crippen LogP contribution in [0.15, 0.2) is 56.7 Å². The zero-order valence-corrected chi connectivity index (χ0v) is 9.86. The zero-order valence-electron chi connectivity index (χ0n) is 9.86. The molecule has 0 heterocycles. The molecule has 0 spiro atoms. The summed E-state index contributed by atoms with van der Waals surface area (Å²) in [6.45, 7) is 9.01. The van der Waals surface area contributed by atoms with E-state index in [1.807, 2.05) is 0 Å². The van der Waals surface area contributed by atoms with Gasteiger partial charge in [0.1, 0.15) is 0 Å². The number of hydrogen-bond donors (Lipinski definition) is 0. The molecule has 76 valence electrons. The van der Waals surface area contributed by atoms with Crippen LogP contribution < -0.4 is 0 Å². The second-order valence-corrected chi connectivity index (χ2v) is 4.82. The predicted octanol–water partition coefficient (Wildman–Crippen LogP) is 4.24. The topological polar surface area (TPSA) is 0 Å². The molecule has 0 aromatic carbocycles. The molecule has 0 heteroatoms. The van der Waals surface area contributed by atoms with Crippen LogP contribution in [0.3, 0.4) is 0 Å². The van der Waals surface area contributed by atoms with E-state index < -0.39 is 0 Å². The van der Waals surface area contributed by atoms with Gasteiger partial charge in [-0.3, -0.25) is 0 Å². The maximum atomic E-state index is 2.30. The third-order valence-electron chi connectivity index (χ3n) is 4.13. The molecule has 3 rings (SSSR count). The van der Waals surface area contributed by atoms with Crippen LogP contribution >= 0.6 is 0 Å². The molecule has 0 nitrogen and oxygen atoms in total. The predicted molar refractivity (Wildman–Crippen MR) is 64.6 cm³/mol. The zero-order chi connectivity index (χ0) is 10.7. The molecule has 0 amide bonds. The number of allylic oxidation sites excluding steroid dienone is 10. The monoisotopic (exact) mass is 196 g/mol. The molecule has 0 aliphatic heterocycles. The highest BCUT2D eigenvalue weighted by atomic mass is 14.4. The highest BCUT2D eigenvalue weighted by Gasteiger charge is 2.33. The van der Waals surface area contributed by atoms with Gasteiger partial charge in [-0.2, -0.15) is 0 Å². The summed E-state index contributed by atoms with van der Waals surface area (Å²) in [6, 6.07) is 0. The normalized spacial score (nSPS) is 23.7. The third kappa shape index (κ3) is 0.923. The summed E-state index contributed by atoms with van der Waals surface area (Å²) in [7, 11) is 0. The van der Waals surface area contributed by atoms with Crippen molar-refractivity contribution in [2.24, 2.45) is 0 Å². The van der Waals surface area contributed by atoms with Crippen molar-refractivity contribution in [3.63, 3.8) is 0 Å². The van der Waals surface area contributed by atoms with Crippen LogP contribution in [0.2, 0.25) is 0 Å². The molecule has 0 N–H and O–H groups in total. The maximum Gasteiger partial charge on any atom is -0.00106 e. The lowest BCUT2D eigenvalue weighted by Gasteiger charge is -2.09. The minimum atomic E-state index is 1.16. The number of hydrogen-bond acceptors (Lipinski definition) is 0. The minimum absolute atomic E-state index is 1.16. The van der Waals surface area contributed by atoms with Gasteiger partial charge in [-0.25, -0.2) is 0 Å². The Kier molecular flexibility index (Phi) is 1.57. The average molecular weight is 196 g/mol. The molecular formula is C15H16. The Morgan fingerprint density at radius 1 is 0.800 bits per heavy atom. The van der Waals surface area contributed by atoms with Gasteiger partial charge >= 0.3 is 0 Å². The summed E-state index contributed by atoms with van der Waals surface area (Å²) < 4.78 is 0. The highest BCUT2D eigenvalue weighted by molar-refractivity contribution is 5.77. The Morgan fingerprint density at radius 2 is 1.53 bits per heavy atom. The van der Waals surface area contributed by atoms with E-state index in [0.717, 1.165) is 6.42 Å². The summed E-state index contributed by atoms with van der Waals surface area (Å²) in [5, 5.41) is 0. The molecule has 0 unspecified atom stereocenters. The molecule has 2 bridgehead atoms. The Labute approximate surface area is 91.4 Å². The summed E-state index contributed by atoms with van der Waals surface area (Å²) in [5.41, 5.74) is 12.1. The Hall–Kier alpha value is -1.30. The standard InChI is InChI=1S/C15H16/c1-8-5-6-12-7-13(8)15-11(4)9(2)10(3)14(12)15/h5-6H,7H2,1-4H3. The van der Waals surface area contributed by atoms with E-state index in [-0.39, 0.29) is 0 Å². The van der Waals surface area contributed by atoms with E-state index in [0.29, 0.717) is 0 Å². The lowest BCUT2D eigenvalue weighted by atomic mass is 9.95. The molecule has 0 fully saturated rings. The molecule has 0 radical (unpaired) electrons. The van der Waals surface area contributed by atoms with Crippen molar-refractivity contribution in [3.05, 3.63) is 56.7 Å². The summed E-state index contributed by atoms with van der Waals surface area (Å²) in [4.78, 5) is 0. The van der Waals surface area contributed by atoms with Gasteiger partial charge in [0, 0.05) is 0 Å². The summed E-state index contributed by atoms with van der Waals surface area (Å²) in [5.74, 6) is 0. The molecule has 15 heavy (non-hydrogen) atoms. The summed E-state index contributed by atoms with van der Waals surface area (Å²) in [6.07, 6.45) is 5.73. The fourth-order valence-electron chi connectivity index (χ4n) is 2.98. The van der Waals surface area contributed by atoms with Crippen molar-refractivity contribution < 1.29 is 0 Å². The van der Waals surface area contributed by atoms with Crippen molar-refractivity contribution in [2.75, 3.05) is 0 Å². The van der Waals surface area contributed by atoms with Gasteiger partial charge in [0.15, 0.2) is 0 Å². The van der Waals surface area contributed by atoms with Gasteiger partial charge in [-0.05, 0) is 78.7 Å². The van der Waals surface area contributed by atoms with Crippen LogP contribution in [0.5, 0.6) is 0 Å². The van der Waals surface area contributed by atoms with Crippen LogP contribution in [0.1, 0.15) is 34.1 Å². The Bertz CT molecular complexity index is 528. The lowest BCUT2D eigenvalue weighted by Crippen LogP contribution is -1.91. The third-order valence-corrected chi connectivity index (χ3v) is 4.13. The van der Waals surface area contributed by atoms with Gasteiger partial charge < -0.3 is 0 Å². The number of fused-ring (bicyclic) bond motifs is 4. The van der Waals surface area contributed by atoms with Crippen molar-refractivity contribution in [1.82, 2.24) is 0 Å². The minimum Gasteiger partial charge on any atom is -0.0587 e. The van der Waals surface area contributed by atoms with Crippen molar-refractivity contribution in [1.29, 1.82) is 0 Å². The first-order chi connectivity index (χ1) is 7.11. The molecular weight excluding hydrogens is 180 g/mol. The molecule has 3 aliphatic carbocycles. The summed E-state index contributed by atoms with van der Waals surface area (Å²) >= 11 is 0. The molecule has 0 saturated heterocycles. The van der Waals surface area contributed by atoms with E-state index in [4.69, 9.17) is 0 Å². The largest absolute Gasteiger partial charge is 0.0587 e. The lowest BCUT2D eigenvalue weighted by molar-refractivity contribution is 1.16. The van der Waals surface area contributed by atoms with E-state index >= 15 is 0 Å². The van der Waals surface area contributed by atoms with E-state index in [9.17, 15) is 0 Å². The molecule has 0 saturated carbocycles. The first-order valence-electron chi connectivity index (χ1n) is 5.62. The van der Waals surface area contributed by atoms with Gasteiger partial charge in [-0.15, -0.1) is 0 Å². The van der Waals surface area contributed by atoms with E-state index in [1.165, 1.54) is 33.4 Å². The molecule has 3 aliphatic rings. The van der Waals surface area contributed by atoms with Crippen LogP contribution in [0, 0.1) is 0 Å². The molecule has 0 aromatic rings. The average Bonchev–Trinajstić information content (AvgIpc) is 2.65. The van der Waals surface area contributed by atoms with E-state index in [1.54, 1.807) is 11.1 Å². The fourth-order valence-corrected chi connectivity index (χ4v) is 2.98. The van der Waals surface area contributed by atoms with Gasteiger partial charge in [0.2, 0.25) is 0 Å². The van der Waals surface area contributed by atoms with Crippen molar-refractivity contribution in [3.8, 4) is 0 Å². The second-order valence-electron chi connectivity index (χ2n) is 4.82. The van der Waals surface area contributed by atoms with Crippen LogP contribution in [0.25, 0.3) is 0 Å². The van der Waals surface area contributed by atoms with E-state index in [2.05, 4.69) is 39.8 Å². The SMILES string of the molecule is CC1=C2CC(=C3C(C)=C(C)C(C)=C23)C=C1.